The number of hydrogen-bond donors (Lipinski definition) is 1. The highest BCUT2D eigenvalue weighted by molar-refractivity contribution is 7.89. The molecule has 0 aliphatic carbocycles. The van der Waals surface area contributed by atoms with E-state index in [0.29, 0.717) is 31.9 Å². The number of carbonyl (C=O) groups excluding carboxylic acids is 1. The maximum absolute atomic E-state index is 12.8. The van der Waals surface area contributed by atoms with Gasteiger partial charge in [0.1, 0.15) is 11.6 Å². The average molecular weight is 436 g/mol. The summed E-state index contributed by atoms with van der Waals surface area (Å²) in [6, 6.07) is 15.4. The number of halogens is 1. The van der Waals surface area contributed by atoms with Gasteiger partial charge in [-0.15, -0.1) is 0 Å². The van der Waals surface area contributed by atoms with Crippen LogP contribution in [0.4, 0.5) is 4.39 Å². The Morgan fingerprint density at radius 3 is 2.33 bits per heavy atom. The lowest BCUT2D eigenvalue weighted by molar-refractivity contribution is -0.122. The molecule has 0 bridgehead atoms. The van der Waals surface area contributed by atoms with E-state index < -0.39 is 21.7 Å². The van der Waals surface area contributed by atoms with Gasteiger partial charge in [-0.05, 0) is 29.8 Å². The van der Waals surface area contributed by atoms with Crippen LogP contribution in [-0.4, -0.2) is 68.6 Å². The summed E-state index contributed by atoms with van der Waals surface area (Å²) in [5, 5.41) is 2.55. The Labute approximate surface area is 176 Å². The summed E-state index contributed by atoms with van der Waals surface area (Å²) in [6.45, 7) is 2.78. The van der Waals surface area contributed by atoms with E-state index in [0.717, 1.165) is 6.54 Å². The Morgan fingerprint density at radius 1 is 1.00 bits per heavy atom. The quantitative estimate of drug-likeness (QED) is 0.645. The van der Waals surface area contributed by atoms with E-state index in [1.807, 2.05) is 18.2 Å². The summed E-state index contributed by atoms with van der Waals surface area (Å²) in [5.74, 6) is -0.610. The lowest BCUT2D eigenvalue weighted by atomic mass is 10.2. The number of ether oxygens (including phenoxy) is 1. The van der Waals surface area contributed by atoms with Gasteiger partial charge in [0.25, 0.3) is 5.91 Å². The van der Waals surface area contributed by atoms with Gasteiger partial charge in [0.2, 0.25) is 10.0 Å². The molecule has 0 unspecified atom stereocenters. The third kappa shape index (κ3) is 6.79. The molecule has 1 aliphatic heterocycles. The highest BCUT2D eigenvalue weighted by Crippen LogP contribution is 2.12. The van der Waals surface area contributed by atoms with Crippen LogP contribution < -0.4 is 10.1 Å². The van der Waals surface area contributed by atoms with Crippen LogP contribution in [0.15, 0.2) is 54.6 Å². The van der Waals surface area contributed by atoms with E-state index in [2.05, 4.69) is 22.3 Å². The summed E-state index contributed by atoms with van der Waals surface area (Å²) in [5.41, 5.74) is 1.21. The number of rotatable bonds is 9. The van der Waals surface area contributed by atoms with Gasteiger partial charge in [0, 0.05) is 39.3 Å². The minimum atomic E-state index is -3.44. The number of benzene rings is 2. The summed E-state index contributed by atoms with van der Waals surface area (Å²) in [4.78, 5) is 14.1. The molecule has 3 rings (SSSR count). The highest BCUT2D eigenvalue weighted by atomic mass is 32.2. The monoisotopic (exact) mass is 435 g/mol. The molecule has 9 heteroatoms. The standard InChI is InChI=1S/C21H26FN3O4S/c22-19-6-8-20(9-7-19)29-17-21(26)23-10-15-30(27,28)25-13-11-24(12-14-25)16-18-4-2-1-3-5-18/h1-9H,10-17H2,(H,23,26). The van der Waals surface area contributed by atoms with Crippen LogP contribution in [0.1, 0.15) is 5.56 Å². The fourth-order valence-corrected chi connectivity index (χ4v) is 4.52. The first-order valence-electron chi connectivity index (χ1n) is 9.81. The molecule has 1 aliphatic rings. The first kappa shape index (κ1) is 22.2. The molecule has 1 heterocycles. The molecule has 1 fully saturated rings. The highest BCUT2D eigenvalue weighted by Gasteiger charge is 2.26. The van der Waals surface area contributed by atoms with Crippen LogP contribution in [0, 0.1) is 5.82 Å². The van der Waals surface area contributed by atoms with Crippen molar-refractivity contribution in [3.05, 3.63) is 66.0 Å². The van der Waals surface area contributed by atoms with Crippen molar-refractivity contribution in [3.63, 3.8) is 0 Å². The van der Waals surface area contributed by atoms with Gasteiger partial charge < -0.3 is 10.1 Å². The largest absolute Gasteiger partial charge is 0.484 e. The Hall–Kier alpha value is -2.49. The summed E-state index contributed by atoms with van der Waals surface area (Å²) < 4.78 is 44.6. The number of sulfonamides is 1. The van der Waals surface area contributed by atoms with Crippen molar-refractivity contribution < 1.29 is 22.3 Å². The smallest absolute Gasteiger partial charge is 0.257 e. The van der Waals surface area contributed by atoms with E-state index in [4.69, 9.17) is 4.74 Å². The first-order valence-corrected chi connectivity index (χ1v) is 11.4. The first-order chi connectivity index (χ1) is 14.4. The van der Waals surface area contributed by atoms with E-state index in [1.165, 1.54) is 34.1 Å². The molecule has 0 atom stereocenters. The molecule has 0 saturated carbocycles. The Kier molecular flexibility index (Phi) is 7.78. The molecule has 0 radical (unpaired) electrons. The fourth-order valence-electron chi connectivity index (χ4n) is 3.19. The van der Waals surface area contributed by atoms with E-state index in [9.17, 15) is 17.6 Å². The van der Waals surface area contributed by atoms with Gasteiger partial charge in [0.15, 0.2) is 6.61 Å². The molecule has 1 amide bonds. The zero-order valence-corrected chi connectivity index (χ0v) is 17.5. The topological polar surface area (TPSA) is 78.9 Å². The van der Waals surface area contributed by atoms with Crippen molar-refractivity contribution >= 4 is 15.9 Å². The Morgan fingerprint density at radius 2 is 1.67 bits per heavy atom. The minimum Gasteiger partial charge on any atom is -0.484 e. The number of piperazine rings is 1. The molecule has 0 aromatic heterocycles. The predicted octanol–water partition coefficient (Wildman–Crippen LogP) is 1.47. The van der Waals surface area contributed by atoms with Crippen LogP contribution in [0.2, 0.25) is 0 Å². The van der Waals surface area contributed by atoms with Crippen LogP contribution in [-0.2, 0) is 21.4 Å². The molecule has 2 aromatic carbocycles. The lowest BCUT2D eigenvalue weighted by Crippen LogP contribution is -2.49. The van der Waals surface area contributed by atoms with Crippen LogP contribution >= 0.6 is 0 Å². The van der Waals surface area contributed by atoms with Crippen molar-refractivity contribution in [1.29, 1.82) is 0 Å². The second-order valence-corrected chi connectivity index (χ2v) is 9.16. The Bertz CT molecular complexity index is 915. The molecule has 162 valence electrons. The number of nitrogens with zero attached hydrogens (tertiary/aromatic N) is 2. The van der Waals surface area contributed by atoms with Crippen molar-refractivity contribution in [2.24, 2.45) is 0 Å². The van der Waals surface area contributed by atoms with E-state index in [-0.39, 0.29) is 18.9 Å². The molecule has 0 spiro atoms. The van der Waals surface area contributed by atoms with Crippen molar-refractivity contribution in [2.75, 3.05) is 45.1 Å². The van der Waals surface area contributed by atoms with Gasteiger partial charge in [0.05, 0.1) is 5.75 Å². The van der Waals surface area contributed by atoms with Crippen molar-refractivity contribution in [2.45, 2.75) is 6.54 Å². The van der Waals surface area contributed by atoms with Gasteiger partial charge >= 0.3 is 0 Å². The zero-order valence-electron chi connectivity index (χ0n) is 16.7. The van der Waals surface area contributed by atoms with Gasteiger partial charge in [-0.2, -0.15) is 4.31 Å². The second-order valence-electron chi connectivity index (χ2n) is 7.07. The SMILES string of the molecule is O=C(COc1ccc(F)cc1)NCCS(=O)(=O)N1CCN(Cc2ccccc2)CC1. The maximum Gasteiger partial charge on any atom is 0.257 e. The number of nitrogens with one attached hydrogen (secondary N) is 1. The van der Waals surface area contributed by atoms with E-state index >= 15 is 0 Å². The zero-order chi connectivity index (χ0) is 21.4. The van der Waals surface area contributed by atoms with Gasteiger partial charge in [-0.1, -0.05) is 30.3 Å². The molecular weight excluding hydrogens is 409 g/mol. The average Bonchev–Trinajstić information content (AvgIpc) is 2.74. The maximum atomic E-state index is 12.8. The fraction of sp³-hybridized carbons (Fsp3) is 0.381. The molecule has 2 aromatic rings. The van der Waals surface area contributed by atoms with Crippen LogP contribution in [0.3, 0.4) is 0 Å². The van der Waals surface area contributed by atoms with Crippen molar-refractivity contribution in [1.82, 2.24) is 14.5 Å². The molecule has 1 N–H and O–H groups in total. The third-order valence-electron chi connectivity index (χ3n) is 4.84. The summed E-state index contributed by atoms with van der Waals surface area (Å²) >= 11 is 0. The molecule has 30 heavy (non-hydrogen) atoms. The predicted molar refractivity (Wildman–Crippen MR) is 112 cm³/mol. The number of amides is 1. The lowest BCUT2D eigenvalue weighted by Gasteiger charge is -2.34. The van der Waals surface area contributed by atoms with Crippen LogP contribution in [0.5, 0.6) is 5.75 Å². The van der Waals surface area contributed by atoms with Crippen LogP contribution in [0.25, 0.3) is 0 Å². The van der Waals surface area contributed by atoms with Gasteiger partial charge in [-0.25, -0.2) is 12.8 Å². The number of hydrogen-bond acceptors (Lipinski definition) is 5. The van der Waals surface area contributed by atoms with Crippen molar-refractivity contribution in [3.8, 4) is 5.75 Å². The number of carbonyl (C=O) groups is 1. The second kappa shape index (κ2) is 10.5. The normalized spacial score (nSPS) is 15.6. The van der Waals surface area contributed by atoms with E-state index in [1.54, 1.807) is 0 Å². The molecule has 7 nitrogen and oxygen atoms in total. The Balaban J connectivity index is 1.36. The summed E-state index contributed by atoms with van der Waals surface area (Å²) in [7, 11) is -3.44. The minimum absolute atomic E-state index is 0.0121. The molecule has 1 saturated heterocycles. The molecular formula is C21H26FN3O4S. The third-order valence-corrected chi connectivity index (χ3v) is 6.71. The summed E-state index contributed by atoms with van der Waals surface area (Å²) in [6.07, 6.45) is 0. The van der Waals surface area contributed by atoms with Gasteiger partial charge in [-0.3, -0.25) is 9.69 Å².